The van der Waals surface area contributed by atoms with Crippen molar-refractivity contribution in [2.45, 2.75) is 39.2 Å². The number of nitrogen functional groups attached to an aromatic ring is 1. The average molecular weight is 205 g/mol. The van der Waals surface area contributed by atoms with Crippen LogP contribution in [0.5, 0.6) is 0 Å². The van der Waals surface area contributed by atoms with Crippen LogP contribution < -0.4 is 11.1 Å². The van der Waals surface area contributed by atoms with Crippen molar-refractivity contribution in [3.05, 3.63) is 17.8 Å². The molecule has 15 heavy (non-hydrogen) atoms. The molecule has 1 aromatic rings. The molecule has 3 heteroatoms. The number of anilines is 2. The molecule has 1 aliphatic carbocycles. The van der Waals surface area contributed by atoms with Crippen LogP contribution >= 0.6 is 0 Å². The number of aryl methyl sites for hydroxylation is 1. The predicted octanol–water partition coefficient (Wildman–Crippen LogP) is 2.57. The second kappa shape index (κ2) is 4.09. The standard InChI is InChI=1S/C12H19N3/c1-8-4-3-5-11(8)15-12-7-6-10(13)9(2)14-12/h6-8,11H,3-5,13H2,1-2H3,(H,14,15). The van der Waals surface area contributed by atoms with Gasteiger partial charge in [0.05, 0.1) is 11.4 Å². The molecule has 0 spiro atoms. The van der Waals surface area contributed by atoms with Crippen LogP contribution in [-0.2, 0) is 0 Å². The number of nitrogens with two attached hydrogens (primary N) is 1. The van der Waals surface area contributed by atoms with Crippen molar-refractivity contribution < 1.29 is 0 Å². The molecular weight excluding hydrogens is 186 g/mol. The Balaban J connectivity index is 2.07. The molecule has 0 aliphatic heterocycles. The van der Waals surface area contributed by atoms with E-state index in [0.29, 0.717) is 6.04 Å². The third kappa shape index (κ3) is 2.22. The third-order valence-corrected chi connectivity index (χ3v) is 3.32. The van der Waals surface area contributed by atoms with E-state index in [9.17, 15) is 0 Å². The summed E-state index contributed by atoms with van der Waals surface area (Å²) in [5.41, 5.74) is 7.41. The van der Waals surface area contributed by atoms with Crippen LogP contribution in [0.4, 0.5) is 11.5 Å². The van der Waals surface area contributed by atoms with Gasteiger partial charge < -0.3 is 11.1 Å². The van der Waals surface area contributed by atoms with Gasteiger partial charge in [0, 0.05) is 6.04 Å². The Hall–Kier alpha value is -1.25. The molecule has 0 radical (unpaired) electrons. The molecule has 0 saturated heterocycles. The second-order valence-corrected chi connectivity index (χ2v) is 4.53. The fraction of sp³-hybridized carbons (Fsp3) is 0.583. The summed E-state index contributed by atoms with van der Waals surface area (Å²) in [5.74, 6) is 1.71. The molecule has 1 fully saturated rings. The molecule has 1 aromatic heterocycles. The van der Waals surface area contributed by atoms with Gasteiger partial charge in [-0.1, -0.05) is 13.3 Å². The molecular formula is C12H19N3. The number of pyridine rings is 1. The maximum Gasteiger partial charge on any atom is 0.126 e. The molecule has 1 aliphatic rings. The molecule has 3 nitrogen and oxygen atoms in total. The van der Waals surface area contributed by atoms with Gasteiger partial charge in [0.25, 0.3) is 0 Å². The van der Waals surface area contributed by atoms with E-state index in [0.717, 1.165) is 23.1 Å². The van der Waals surface area contributed by atoms with Gasteiger partial charge >= 0.3 is 0 Å². The lowest BCUT2D eigenvalue weighted by molar-refractivity contribution is 0.555. The number of nitrogens with one attached hydrogen (secondary N) is 1. The smallest absolute Gasteiger partial charge is 0.126 e. The van der Waals surface area contributed by atoms with Gasteiger partial charge in [0.2, 0.25) is 0 Å². The first kappa shape index (κ1) is 10.3. The minimum atomic E-state index is 0.584. The summed E-state index contributed by atoms with van der Waals surface area (Å²) in [7, 11) is 0. The fourth-order valence-electron chi connectivity index (χ4n) is 2.20. The minimum absolute atomic E-state index is 0.584. The van der Waals surface area contributed by atoms with Gasteiger partial charge in [-0.15, -0.1) is 0 Å². The maximum atomic E-state index is 5.73. The van der Waals surface area contributed by atoms with E-state index >= 15 is 0 Å². The Labute approximate surface area is 91.1 Å². The van der Waals surface area contributed by atoms with Crippen LogP contribution in [0.3, 0.4) is 0 Å². The van der Waals surface area contributed by atoms with E-state index in [4.69, 9.17) is 5.73 Å². The molecule has 0 bridgehead atoms. The Kier molecular flexibility index (Phi) is 2.80. The van der Waals surface area contributed by atoms with Crippen molar-refractivity contribution in [3.63, 3.8) is 0 Å². The zero-order valence-electron chi connectivity index (χ0n) is 9.46. The normalized spacial score (nSPS) is 25.5. The predicted molar refractivity (Wildman–Crippen MR) is 63.8 cm³/mol. The van der Waals surface area contributed by atoms with Crippen molar-refractivity contribution in [2.75, 3.05) is 11.1 Å². The molecule has 2 unspecified atom stereocenters. The summed E-state index contributed by atoms with van der Waals surface area (Å²) in [6, 6.07) is 4.47. The SMILES string of the molecule is Cc1nc(NC2CCCC2C)ccc1N. The van der Waals surface area contributed by atoms with Crippen LogP contribution in [0, 0.1) is 12.8 Å². The number of rotatable bonds is 2. The Morgan fingerprint density at radius 3 is 2.80 bits per heavy atom. The third-order valence-electron chi connectivity index (χ3n) is 3.32. The number of nitrogens with zero attached hydrogens (tertiary/aromatic N) is 1. The number of aromatic nitrogens is 1. The zero-order chi connectivity index (χ0) is 10.8. The summed E-state index contributed by atoms with van der Waals surface area (Å²) in [6.07, 6.45) is 3.91. The van der Waals surface area contributed by atoms with Crippen molar-refractivity contribution >= 4 is 11.5 Å². The van der Waals surface area contributed by atoms with E-state index in [-0.39, 0.29) is 0 Å². The van der Waals surface area contributed by atoms with Gasteiger partial charge in [0.1, 0.15) is 5.82 Å². The summed E-state index contributed by atoms with van der Waals surface area (Å²) in [4.78, 5) is 4.43. The monoisotopic (exact) mass is 205 g/mol. The van der Waals surface area contributed by atoms with E-state index < -0.39 is 0 Å². The molecule has 82 valence electrons. The van der Waals surface area contributed by atoms with E-state index in [1.807, 2.05) is 19.1 Å². The number of hydrogen-bond donors (Lipinski definition) is 2. The highest BCUT2D eigenvalue weighted by atomic mass is 15.0. The lowest BCUT2D eigenvalue weighted by Crippen LogP contribution is -2.22. The first-order valence-corrected chi connectivity index (χ1v) is 5.66. The van der Waals surface area contributed by atoms with Gasteiger partial charge in [-0.05, 0) is 37.8 Å². The minimum Gasteiger partial charge on any atom is -0.397 e. The Bertz CT molecular complexity index is 349. The maximum absolute atomic E-state index is 5.73. The first-order chi connectivity index (χ1) is 7.16. The number of hydrogen-bond acceptors (Lipinski definition) is 3. The summed E-state index contributed by atoms with van der Waals surface area (Å²) >= 11 is 0. The average Bonchev–Trinajstić information content (AvgIpc) is 2.59. The fourth-order valence-corrected chi connectivity index (χ4v) is 2.20. The second-order valence-electron chi connectivity index (χ2n) is 4.53. The Morgan fingerprint density at radius 2 is 2.20 bits per heavy atom. The van der Waals surface area contributed by atoms with E-state index in [2.05, 4.69) is 17.2 Å². The van der Waals surface area contributed by atoms with E-state index in [1.165, 1.54) is 19.3 Å². The summed E-state index contributed by atoms with van der Waals surface area (Å²) in [6.45, 7) is 4.24. The quantitative estimate of drug-likeness (QED) is 0.780. The van der Waals surface area contributed by atoms with Crippen molar-refractivity contribution in [3.8, 4) is 0 Å². The van der Waals surface area contributed by atoms with Gasteiger partial charge in [-0.25, -0.2) is 4.98 Å². The van der Waals surface area contributed by atoms with Crippen LogP contribution in [0.2, 0.25) is 0 Å². The first-order valence-electron chi connectivity index (χ1n) is 5.66. The molecule has 2 atom stereocenters. The van der Waals surface area contributed by atoms with Crippen LogP contribution in [-0.4, -0.2) is 11.0 Å². The molecule has 2 rings (SSSR count). The van der Waals surface area contributed by atoms with Gasteiger partial charge in [0.15, 0.2) is 0 Å². The lowest BCUT2D eigenvalue weighted by Gasteiger charge is -2.18. The highest BCUT2D eigenvalue weighted by molar-refractivity contribution is 5.49. The zero-order valence-corrected chi connectivity index (χ0v) is 9.46. The molecule has 1 saturated carbocycles. The molecule has 3 N–H and O–H groups in total. The highest BCUT2D eigenvalue weighted by Crippen LogP contribution is 2.27. The molecule has 1 heterocycles. The molecule has 0 amide bonds. The van der Waals surface area contributed by atoms with Crippen LogP contribution in [0.1, 0.15) is 31.9 Å². The van der Waals surface area contributed by atoms with Gasteiger partial charge in [-0.3, -0.25) is 0 Å². The Morgan fingerprint density at radius 1 is 1.40 bits per heavy atom. The van der Waals surface area contributed by atoms with E-state index in [1.54, 1.807) is 0 Å². The molecule has 0 aromatic carbocycles. The highest BCUT2D eigenvalue weighted by Gasteiger charge is 2.23. The van der Waals surface area contributed by atoms with Gasteiger partial charge in [-0.2, -0.15) is 0 Å². The van der Waals surface area contributed by atoms with Crippen molar-refractivity contribution in [1.82, 2.24) is 4.98 Å². The summed E-state index contributed by atoms with van der Waals surface area (Å²) < 4.78 is 0. The van der Waals surface area contributed by atoms with Crippen LogP contribution in [0.15, 0.2) is 12.1 Å². The van der Waals surface area contributed by atoms with Crippen molar-refractivity contribution in [1.29, 1.82) is 0 Å². The van der Waals surface area contributed by atoms with Crippen molar-refractivity contribution in [2.24, 2.45) is 5.92 Å². The largest absolute Gasteiger partial charge is 0.397 e. The topological polar surface area (TPSA) is 50.9 Å². The van der Waals surface area contributed by atoms with Crippen LogP contribution in [0.25, 0.3) is 0 Å². The lowest BCUT2D eigenvalue weighted by atomic mass is 10.1. The summed E-state index contributed by atoms with van der Waals surface area (Å²) in [5, 5.41) is 3.49.